The molecule has 1 aliphatic rings. The van der Waals surface area contributed by atoms with Crippen LogP contribution in [0.1, 0.15) is 32.6 Å². The predicted molar refractivity (Wildman–Crippen MR) is 46.4 cm³/mol. The number of ether oxygens (including phenoxy) is 1. The summed E-state index contributed by atoms with van der Waals surface area (Å²) in [4.78, 5) is 10.2. The molecule has 0 saturated carbocycles. The van der Waals surface area contributed by atoms with Crippen LogP contribution in [0.4, 0.5) is 0 Å². The van der Waals surface area contributed by atoms with E-state index in [0.29, 0.717) is 0 Å². The first-order valence-corrected chi connectivity index (χ1v) is 4.65. The molecule has 1 saturated heterocycles. The Balaban J connectivity index is 2.23. The highest BCUT2D eigenvalue weighted by atomic mass is 16.5. The zero-order valence-corrected chi connectivity index (χ0v) is 7.77. The zero-order chi connectivity index (χ0) is 9.84. The Bertz CT molecular complexity index is 180. The Hall–Kier alpha value is -0.610. The normalized spacial score (nSPS) is 30.3. The number of aliphatic carboxylic acids is 1. The van der Waals surface area contributed by atoms with E-state index in [1.54, 1.807) is 0 Å². The van der Waals surface area contributed by atoms with Crippen molar-refractivity contribution in [2.75, 3.05) is 0 Å². The molecule has 0 aromatic carbocycles. The number of aliphatic hydroxyl groups is 1. The van der Waals surface area contributed by atoms with Gasteiger partial charge in [-0.25, -0.2) is 0 Å². The van der Waals surface area contributed by atoms with Crippen LogP contribution >= 0.6 is 0 Å². The van der Waals surface area contributed by atoms with E-state index >= 15 is 0 Å². The standard InChI is InChI=1S/C9H16O4/c1-6-2-4-8(13-6)7(10)3-5-9(11)12/h6-8,10H,2-5H2,1H3,(H,11,12). The third kappa shape index (κ3) is 3.32. The highest BCUT2D eigenvalue weighted by Crippen LogP contribution is 2.23. The molecule has 4 nitrogen and oxygen atoms in total. The summed E-state index contributed by atoms with van der Waals surface area (Å²) in [5.41, 5.74) is 0. The lowest BCUT2D eigenvalue weighted by molar-refractivity contribution is -0.138. The molecule has 0 aromatic heterocycles. The topological polar surface area (TPSA) is 66.8 Å². The van der Waals surface area contributed by atoms with Crippen molar-refractivity contribution in [1.29, 1.82) is 0 Å². The van der Waals surface area contributed by atoms with Gasteiger partial charge in [0.05, 0.1) is 18.3 Å². The Morgan fingerprint density at radius 2 is 2.31 bits per heavy atom. The van der Waals surface area contributed by atoms with Crippen molar-refractivity contribution in [2.24, 2.45) is 0 Å². The van der Waals surface area contributed by atoms with Crippen LogP contribution in [0.5, 0.6) is 0 Å². The maximum atomic E-state index is 10.2. The van der Waals surface area contributed by atoms with Crippen molar-refractivity contribution < 1.29 is 19.7 Å². The van der Waals surface area contributed by atoms with Gasteiger partial charge >= 0.3 is 5.97 Å². The van der Waals surface area contributed by atoms with E-state index in [9.17, 15) is 9.90 Å². The van der Waals surface area contributed by atoms with Gasteiger partial charge in [0.25, 0.3) is 0 Å². The molecule has 0 radical (unpaired) electrons. The second-order valence-electron chi connectivity index (χ2n) is 3.56. The summed E-state index contributed by atoms with van der Waals surface area (Å²) in [7, 11) is 0. The average Bonchev–Trinajstić information content (AvgIpc) is 2.47. The summed E-state index contributed by atoms with van der Waals surface area (Å²) in [5.74, 6) is -0.870. The molecule has 2 N–H and O–H groups in total. The Morgan fingerprint density at radius 3 is 2.77 bits per heavy atom. The smallest absolute Gasteiger partial charge is 0.303 e. The summed E-state index contributed by atoms with van der Waals surface area (Å²) in [5, 5.41) is 17.9. The Morgan fingerprint density at radius 1 is 1.62 bits per heavy atom. The van der Waals surface area contributed by atoms with E-state index in [1.807, 2.05) is 6.92 Å². The van der Waals surface area contributed by atoms with Crippen molar-refractivity contribution >= 4 is 5.97 Å². The maximum absolute atomic E-state index is 10.2. The van der Waals surface area contributed by atoms with E-state index in [1.165, 1.54) is 0 Å². The SMILES string of the molecule is CC1CCC(C(O)CCC(=O)O)O1. The summed E-state index contributed by atoms with van der Waals surface area (Å²) < 4.78 is 5.41. The van der Waals surface area contributed by atoms with E-state index in [-0.39, 0.29) is 25.0 Å². The number of aliphatic hydroxyl groups excluding tert-OH is 1. The summed E-state index contributed by atoms with van der Waals surface area (Å²) in [6.45, 7) is 1.96. The minimum Gasteiger partial charge on any atom is -0.481 e. The van der Waals surface area contributed by atoms with Crippen LogP contribution in [0.3, 0.4) is 0 Å². The number of hydrogen-bond donors (Lipinski definition) is 2. The van der Waals surface area contributed by atoms with Gasteiger partial charge in [0.1, 0.15) is 0 Å². The summed E-state index contributed by atoms with van der Waals surface area (Å²) in [6.07, 6.45) is 1.50. The number of hydrogen-bond acceptors (Lipinski definition) is 3. The molecule has 1 rings (SSSR count). The first-order valence-electron chi connectivity index (χ1n) is 4.65. The molecule has 0 aliphatic carbocycles. The fourth-order valence-electron chi connectivity index (χ4n) is 1.57. The van der Waals surface area contributed by atoms with Crippen molar-refractivity contribution in [2.45, 2.75) is 50.9 Å². The second kappa shape index (κ2) is 4.58. The van der Waals surface area contributed by atoms with Crippen molar-refractivity contribution in [3.8, 4) is 0 Å². The number of carboxylic acids is 1. The Labute approximate surface area is 77.5 Å². The van der Waals surface area contributed by atoms with E-state index in [2.05, 4.69) is 0 Å². The van der Waals surface area contributed by atoms with Gasteiger partial charge in [0.15, 0.2) is 0 Å². The molecule has 1 fully saturated rings. The average molecular weight is 188 g/mol. The minimum atomic E-state index is -0.870. The predicted octanol–water partition coefficient (Wildman–Crippen LogP) is 0.780. The molecular weight excluding hydrogens is 172 g/mol. The van der Waals surface area contributed by atoms with Crippen molar-refractivity contribution in [3.63, 3.8) is 0 Å². The van der Waals surface area contributed by atoms with Gasteiger partial charge in [0.2, 0.25) is 0 Å². The van der Waals surface area contributed by atoms with E-state index in [0.717, 1.165) is 12.8 Å². The van der Waals surface area contributed by atoms with Gasteiger partial charge < -0.3 is 14.9 Å². The molecule has 13 heavy (non-hydrogen) atoms. The maximum Gasteiger partial charge on any atom is 0.303 e. The molecule has 4 heteroatoms. The Kier molecular flexibility index (Phi) is 3.69. The highest BCUT2D eigenvalue weighted by Gasteiger charge is 2.28. The van der Waals surface area contributed by atoms with E-state index in [4.69, 9.17) is 9.84 Å². The van der Waals surface area contributed by atoms with Gasteiger partial charge in [-0.15, -0.1) is 0 Å². The molecule has 1 heterocycles. The third-order valence-corrected chi connectivity index (χ3v) is 2.35. The fourth-order valence-corrected chi connectivity index (χ4v) is 1.57. The lowest BCUT2D eigenvalue weighted by Gasteiger charge is -2.17. The number of rotatable bonds is 4. The molecule has 76 valence electrons. The van der Waals surface area contributed by atoms with Crippen LogP contribution in [-0.4, -0.2) is 34.5 Å². The number of carbonyl (C=O) groups is 1. The van der Waals surface area contributed by atoms with Crippen LogP contribution in [0.15, 0.2) is 0 Å². The zero-order valence-electron chi connectivity index (χ0n) is 7.77. The molecule has 3 atom stereocenters. The third-order valence-electron chi connectivity index (χ3n) is 2.35. The quantitative estimate of drug-likeness (QED) is 0.684. The van der Waals surface area contributed by atoms with Crippen LogP contribution in [-0.2, 0) is 9.53 Å². The first kappa shape index (κ1) is 10.5. The molecule has 0 aromatic rings. The molecule has 1 aliphatic heterocycles. The van der Waals surface area contributed by atoms with Gasteiger partial charge in [-0.2, -0.15) is 0 Å². The van der Waals surface area contributed by atoms with Crippen molar-refractivity contribution in [1.82, 2.24) is 0 Å². The van der Waals surface area contributed by atoms with Crippen LogP contribution in [0.2, 0.25) is 0 Å². The lowest BCUT2D eigenvalue weighted by Crippen LogP contribution is -2.26. The molecule has 0 bridgehead atoms. The largest absolute Gasteiger partial charge is 0.481 e. The monoisotopic (exact) mass is 188 g/mol. The lowest BCUT2D eigenvalue weighted by atomic mass is 10.1. The number of carboxylic acid groups (broad SMARTS) is 1. The molecule has 3 unspecified atom stereocenters. The van der Waals surface area contributed by atoms with Gasteiger partial charge in [-0.1, -0.05) is 0 Å². The van der Waals surface area contributed by atoms with Crippen LogP contribution < -0.4 is 0 Å². The van der Waals surface area contributed by atoms with E-state index < -0.39 is 12.1 Å². The van der Waals surface area contributed by atoms with Crippen LogP contribution in [0.25, 0.3) is 0 Å². The first-order chi connectivity index (χ1) is 6.09. The second-order valence-corrected chi connectivity index (χ2v) is 3.56. The molecule has 0 amide bonds. The minimum absolute atomic E-state index is 0.00933. The van der Waals surface area contributed by atoms with Gasteiger partial charge in [-0.05, 0) is 26.2 Å². The molecular formula is C9H16O4. The summed E-state index contributed by atoms with van der Waals surface area (Å²) in [6, 6.07) is 0. The fraction of sp³-hybridized carbons (Fsp3) is 0.889. The molecule has 0 spiro atoms. The highest BCUT2D eigenvalue weighted by molar-refractivity contribution is 5.66. The van der Waals surface area contributed by atoms with Gasteiger partial charge in [-0.3, -0.25) is 4.79 Å². The summed E-state index contributed by atoms with van der Waals surface area (Å²) >= 11 is 0. The van der Waals surface area contributed by atoms with Crippen molar-refractivity contribution in [3.05, 3.63) is 0 Å². The van der Waals surface area contributed by atoms with Gasteiger partial charge in [0, 0.05) is 6.42 Å². The van der Waals surface area contributed by atoms with Crippen LogP contribution in [0, 0.1) is 0 Å².